The lowest BCUT2D eigenvalue weighted by atomic mass is 10.2. The van der Waals surface area contributed by atoms with Crippen molar-refractivity contribution in [1.82, 2.24) is 15.3 Å². The minimum absolute atomic E-state index is 0.0295. The van der Waals surface area contributed by atoms with Gasteiger partial charge in [-0.25, -0.2) is 9.97 Å². The third kappa shape index (κ3) is 4.29. The first-order valence-electron chi connectivity index (χ1n) is 7.74. The zero-order valence-corrected chi connectivity index (χ0v) is 14.4. The molecule has 1 fully saturated rings. The lowest BCUT2D eigenvalue weighted by Crippen LogP contribution is -2.33. The van der Waals surface area contributed by atoms with Crippen LogP contribution in [0.5, 0.6) is 0 Å². The second-order valence-corrected chi connectivity index (χ2v) is 6.81. The van der Waals surface area contributed by atoms with Crippen molar-refractivity contribution < 1.29 is 9.59 Å². The number of carbonyl (C=O) groups is 2. The van der Waals surface area contributed by atoms with Crippen molar-refractivity contribution in [3.05, 3.63) is 17.1 Å². The van der Waals surface area contributed by atoms with Crippen LogP contribution in [-0.4, -0.2) is 33.5 Å². The predicted molar refractivity (Wildman–Crippen MR) is 87.4 cm³/mol. The molecule has 1 amide bonds. The summed E-state index contributed by atoms with van der Waals surface area (Å²) in [6, 6.07) is 0.162. The number of hydrogen-bond acceptors (Lipinski definition) is 5. The summed E-state index contributed by atoms with van der Waals surface area (Å²) in [5.41, 5.74) is 1.26. The normalized spacial score (nSPS) is 15.5. The van der Waals surface area contributed by atoms with Crippen LogP contribution in [-0.2, 0) is 4.79 Å². The third-order valence-electron chi connectivity index (χ3n) is 3.73. The molecule has 1 saturated carbocycles. The van der Waals surface area contributed by atoms with Crippen LogP contribution in [0.2, 0.25) is 0 Å². The first-order chi connectivity index (χ1) is 10.4. The first kappa shape index (κ1) is 16.9. The molecule has 6 heteroatoms. The highest BCUT2D eigenvalue weighted by Gasteiger charge is 2.29. The molecule has 120 valence electrons. The van der Waals surface area contributed by atoms with E-state index in [-0.39, 0.29) is 23.5 Å². The van der Waals surface area contributed by atoms with Gasteiger partial charge in [-0.2, -0.15) is 0 Å². The van der Waals surface area contributed by atoms with Gasteiger partial charge in [-0.1, -0.05) is 18.7 Å². The quantitative estimate of drug-likeness (QED) is 0.475. The number of amides is 1. The van der Waals surface area contributed by atoms with Gasteiger partial charge in [0.05, 0.1) is 17.0 Å². The summed E-state index contributed by atoms with van der Waals surface area (Å²) < 4.78 is 0. The molecule has 1 aliphatic rings. The predicted octanol–water partition coefficient (Wildman–Crippen LogP) is 2.87. The maximum atomic E-state index is 11.9. The summed E-state index contributed by atoms with van der Waals surface area (Å²) >= 11 is 1.33. The standard InChI is InChI=1S/C16H23N3O2S/c1-5-9(2)17-13(21)8-22-16-14(11(4)20)10(3)18-15(19-16)12-6-7-12/h9,12H,5-8H2,1-4H3,(H,17,21). The van der Waals surface area contributed by atoms with E-state index in [1.54, 1.807) is 0 Å². The second kappa shape index (κ2) is 7.22. The van der Waals surface area contributed by atoms with Gasteiger partial charge in [-0.15, -0.1) is 0 Å². The average Bonchev–Trinajstić information content (AvgIpc) is 3.28. The second-order valence-electron chi connectivity index (χ2n) is 5.84. The van der Waals surface area contributed by atoms with Crippen LogP contribution in [0.25, 0.3) is 0 Å². The van der Waals surface area contributed by atoms with Crippen LogP contribution < -0.4 is 5.32 Å². The Morgan fingerprint density at radius 2 is 2.05 bits per heavy atom. The highest BCUT2D eigenvalue weighted by molar-refractivity contribution is 8.00. The lowest BCUT2D eigenvalue weighted by molar-refractivity contribution is -0.119. The Balaban J connectivity index is 2.14. The average molecular weight is 321 g/mol. The fourth-order valence-electron chi connectivity index (χ4n) is 2.15. The van der Waals surface area contributed by atoms with Gasteiger partial charge in [0.2, 0.25) is 5.91 Å². The van der Waals surface area contributed by atoms with Gasteiger partial charge in [-0.3, -0.25) is 9.59 Å². The zero-order chi connectivity index (χ0) is 16.3. The Labute approximate surface area is 135 Å². The number of rotatable bonds is 7. The van der Waals surface area contributed by atoms with E-state index in [2.05, 4.69) is 15.3 Å². The van der Waals surface area contributed by atoms with E-state index in [1.165, 1.54) is 18.7 Å². The van der Waals surface area contributed by atoms with Crippen molar-refractivity contribution in [3.8, 4) is 0 Å². The van der Waals surface area contributed by atoms with Crippen molar-refractivity contribution in [2.75, 3.05) is 5.75 Å². The minimum Gasteiger partial charge on any atom is -0.353 e. The molecule has 1 N–H and O–H groups in total. The number of ketones is 1. The van der Waals surface area contributed by atoms with Gasteiger partial charge in [-0.05, 0) is 40.0 Å². The Kier molecular flexibility index (Phi) is 5.56. The lowest BCUT2D eigenvalue weighted by Gasteiger charge is -2.13. The number of Topliss-reactive ketones (excluding diaryl/α,β-unsaturated/α-hetero) is 1. The fraction of sp³-hybridized carbons (Fsp3) is 0.625. The number of aromatic nitrogens is 2. The largest absolute Gasteiger partial charge is 0.353 e. The van der Waals surface area contributed by atoms with Crippen molar-refractivity contribution >= 4 is 23.5 Å². The number of hydrogen-bond donors (Lipinski definition) is 1. The number of aryl methyl sites for hydroxylation is 1. The fourth-order valence-corrected chi connectivity index (χ4v) is 3.10. The molecule has 2 rings (SSSR count). The van der Waals surface area contributed by atoms with Crippen LogP contribution in [0, 0.1) is 6.92 Å². The Morgan fingerprint density at radius 1 is 1.36 bits per heavy atom. The summed E-state index contributed by atoms with van der Waals surface area (Å²) in [6.45, 7) is 7.37. The van der Waals surface area contributed by atoms with Crippen LogP contribution in [0.3, 0.4) is 0 Å². The van der Waals surface area contributed by atoms with Crippen molar-refractivity contribution in [1.29, 1.82) is 0 Å². The smallest absolute Gasteiger partial charge is 0.230 e. The minimum atomic E-state index is -0.0512. The first-order valence-corrected chi connectivity index (χ1v) is 8.72. The van der Waals surface area contributed by atoms with E-state index < -0.39 is 0 Å². The van der Waals surface area contributed by atoms with Gasteiger partial charge in [0.25, 0.3) is 0 Å². The summed E-state index contributed by atoms with van der Waals surface area (Å²) in [6.07, 6.45) is 3.11. The molecule has 1 aromatic heterocycles. The topological polar surface area (TPSA) is 72.0 Å². The maximum absolute atomic E-state index is 11.9. The number of nitrogens with one attached hydrogen (secondary N) is 1. The van der Waals surface area contributed by atoms with Gasteiger partial charge < -0.3 is 5.32 Å². The summed E-state index contributed by atoms with van der Waals surface area (Å²) in [5.74, 6) is 1.42. The molecule has 0 radical (unpaired) electrons. The van der Waals surface area contributed by atoms with Crippen LogP contribution in [0.1, 0.15) is 67.8 Å². The maximum Gasteiger partial charge on any atom is 0.230 e. The zero-order valence-electron chi connectivity index (χ0n) is 13.6. The van der Waals surface area contributed by atoms with E-state index >= 15 is 0 Å². The summed E-state index contributed by atoms with van der Waals surface area (Å²) in [4.78, 5) is 32.8. The molecule has 0 bridgehead atoms. The van der Waals surface area contributed by atoms with Gasteiger partial charge >= 0.3 is 0 Å². The van der Waals surface area contributed by atoms with Crippen LogP contribution in [0.15, 0.2) is 5.03 Å². The van der Waals surface area contributed by atoms with Crippen LogP contribution in [0.4, 0.5) is 0 Å². The number of thioether (sulfide) groups is 1. The Hall–Kier alpha value is -1.43. The third-order valence-corrected chi connectivity index (χ3v) is 4.70. The molecule has 0 aromatic carbocycles. The van der Waals surface area contributed by atoms with Crippen LogP contribution >= 0.6 is 11.8 Å². The monoisotopic (exact) mass is 321 g/mol. The van der Waals surface area contributed by atoms with Gasteiger partial charge in [0, 0.05) is 12.0 Å². The summed E-state index contributed by atoms with van der Waals surface area (Å²) in [7, 11) is 0. The van der Waals surface area contributed by atoms with E-state index in [1.807, 2.05) is 20.8 Å². The molecule has 1 aliphatic carbocycles. The molecule has 5 nitrogen and oxygen atoms in total. The molecule has 1 unspecified atom stereocenters. The van der Waals surface area contributed by atoms with E-state index in [9.17, 15) is 9.59 Å². The molecule has 1 aromatic rings. The molecule has 22 heavy (non-hydrogen) atoms. The van der Waals surface area contributed by atoms with Crippen molar-refractivity contribution in [2.24, 2.45) is 0 Å². The van der Waals surface area contributed by atoms with Gasteiger partial charge in [0.15, 0.2) is 5.78 Å². The molecular formula is C16H23N3O2S. The van der Waals surface area contributed by atoms with E-state index in [0.29, 0.717) is 22.2 Å². The number of carbonyl (C=O) groups excluding carboxylic acids is 2. The number of nitrogens with zero attached hydrogens (tertiary/aromatic N) is 2. The molecule has 1 heterocycles. The molecule has 0 aliphatic heterocycles. The molecule has 1 atom stereocenters. The Bertz CT molecular complexity index is 585. The highest BCUT2D eigenvalue weighted by atomic mass is 32.2. The van der Waals surface area contributed by atoms with E-state index in [4.69, 9.17) is 0 Å². The van der Waals surface area contributed by atoms with E-state index in [0.717, 1.165) is 25.1 Å². The van der Waals surface area contributed by atoms with Gasteiger partial charge in [0.1, 0.15) is 10.9 Å². The molecule has 0 saturated heterocycles. The molecular weight excluding hydrogens is 298 g/mol. The highest BCUT2D eigenvalue weighted by Crippen LogP contribution is 2.39. The molecule has 0 spiro atoms. The SMILES string of the molecule is CCC(C)NC(=O)CSc1nc(C2CC2)nc(C)c1C(C)=O. The van der Waals surface area contributed by atoms with Crippen molar-refractivity contribution in [3.63, 3.8) is 0 Å². The van der Waals surface area contributed by atoms with Crippen molar-refractivity contribution in [2.45, 2.75) is 63.9 Å². The Morgan fingerprint density at radius 3 is 2.59 bits per heavy atom. The summed E-state index contributed by atoms with van der Waals surface area (Å²) in [5, 5.41) is 3.56.